The summed E-state index contributed by atoms with van der Waals surface area (Å²) in [6, 6.07) is 0. The SMILES string of the molecule is [Ba+2].[Cl-].[Cl-].[Cl-].[Cl-].[Zn+2]. The Hall–Kier alpha value is 3.35. The van der Waals surface area contributed by atoms with Gasteiger partial charge in [-0.05, 0) is 0 Å². The smallest absolute Gasteiger partial charge is 1.00 e. The summed E-state index contributed by atoms with van der Waals surface area (Å²) in [4.78, 5) is 0. The second-order valence-electron chi connectivity index (χ2n) is 0. The first kappa shape index (κ1) is 58.0. The molecule has 0 nitrogen and oxygen atoms in total. The second kappa shape index (κ2) is 40.2. The normalized spacial score (nSPS) is 0. The van der Waals surface area contributed by atoms with E-state index in [0.717, 1.165) is 0 Å². The van der Waals surface area contributed by atoms with Crippen molar-refractivity contribution in [3.63, 3.8) is 0 Å². The zero-order chi connectivity index (χ0) is 0. The van der Waals surface area contributed by atoms with Crippen LogP contribution in [-0.2, 0) is 19.5 Å². The largest absolute Gasteiger partial charge is 2.00 e. The Morgan fingerprint density at radius 2 is 0.500 bits per heavy atom. The summed E-state index contributed by atoms with van der Waals surface area (Å²) in [5, 5.41) is 0. The molecule has 32 valence electrons. The molecule has 0 aromatic carbocycles. The zero-order valence-electron chi connectivity index (χ0n) is 2.93. The maximum Gasteiger partial charge on any atom is 2.00 e. The van der Waals surface area contributed by atoms with Crippen LogP contribution in [-0.4, -0.2) is 48.9 Å². The third kappa shape index (κ3) is 26.4. The van der Waals surface area contributed by atoms with Gasteiger partial charge in [0.15, 0.2) is 0 Å². The molecule has 0 saturated carbocycles. The van der Waals surface area contributed by atoms with Crippen molar-refractivity contribution in [2.24, 2.45) is 0 Å². The van der Waals surface area contributed by atoms with Gasteiger partial charge < -0.3 is 49.6 Å². The molecule has 6 heavy (non-hydrogen) atoms. The van der Waals surface area contributed by atoms with Gasteiger partial charge in [-0.2, -0.15) is 0 Å². The molecule has 0 rings (SSSR count). The predicted octanol–water partition coefficient (Wildman–Crippen LogP) is -12.4. The first-order valence-corrected chi connectivity index (χ1v) is 0. The van der Waals surface area contributed by atoms with Crippen molar-refractivity contribution >= 4 is 48.9 Å². The second-order valence-corrected chi connectivity index (χ2v) is 0. The molecule has 0 atom stereocenters. The number of rotatable bonds is 0. The molecule has 0 aromatic rings. The maximum absolute atomic E-state index is 0. The Kier molecular flexibility index (Phi) is 388. The van der Waals surface area contributed by atoms with Crippen LogP contribution in [0.5, 0.6) is 0 Å². The molecular weight excluding hydrogens is 345 g/mol. The molecule has 0 heterocycles. The Morgan fingerprint density at radius 1 is 0.500 bits per heavy atom. The van der Waals surface area contributed by atoms with Crippen LogP contribution >= 0.6 is 0 Å². The molecule has 0 saturated heterocycles. The van der Waals surface area contributed by atoms with Gasteiger partial charge in [0, 0.05) is 0 Å². The summed E-state index contributed by atoms with van der Waals surface area (Å²) in [6.45, 7) is 0. The van der Waals surface area contributed by atoms with Crippen molar-refractivity contribution in [1.82, 2.24) is 0 Å². The molecule has 0 aliphatic carbocycles. The standard InChI is InChI=1S/Ba.4ClH.Zn/h;4*1H;/q+2;;;;;+2/p-4. The van der Waals surface area contributed by atoms with Crippen molar-refractivity contribution in [3.05, 3.63) is 0 Å². The first-order valence-electron chi connectivity index (χ1n) is 0. The van der Waals surface area contributed by atoms with E-state index in [1.807, 2.05) is 0 Å². The topological polar surface area (TPSA) is 0 Å². The number of hydrogen-bond donors (Lipinski definition) is 0. The van der Waals surface area contributed by atoms with Gasteiger partial charge in [-0.1, -0.05) is 0 Å². The average Bonchev–Trinajstić information content (AvgIpc) is 0. The van der Waals surface area contributed by atoms with Crippen molar-refractivity contribution in [2.75, 3.05) is 0 Å². The molecule has 0 bridgehead atoms. The van der Waals surface area contributed by atoms with Crippen molar-refractivity contribution in [1.29, 1.82) is 0 Å². The molecule has 0 spiro atoms. The van der Waals surface area contributed by atoms with Crippen LogP contribution < -0.4 is 49.6 Å². The Morgan fingerprint density at radius 3 is 0.500 bits per heavy atom. The van der Waals surface area contributed by atoms with Gasteiger partial charge in [0.05, 0.1) is 0 Å². The van der Waals surface area contributed by atoms with E-state index in [0.29, 0.717) is 0 Å². The predicted molar refractivity (Wildman–Crippen MR) is 5.75 cm³/mol. The van der Waals surface area contributed by atoms with Gasteiger partial charge in [0.1, 0.15) is 0 Å². The Balaban J connectivity index is 0. The van der Waals surface area contributed by atoms with Crippen molar-refractivity contribution < 1.29 is 69.1 Å². The van der Waals surface area contributed by atoms with Crippen LogP contribution in [0.1, 0.15) is 0 Å². The summed E-state index contributed by atoms with van der Waals surface area (Å²) in [6.07, 6.45) is 0. The van der Waals surface area contributed by atoms with E-state index in [4.69, 9.17) is 0 Å². The van der Waals surface area contributed by atoms with Crippen LogP contribution in [0.4, 0.5) is 0 Å². The van der Waals surface area contributed by atoms with Crippen LogP contribution in [0.25, 0.3) is 0 Å². The minimum Gasteiger partial charge on any atom is -1.00 e. The van der Waals surface area contributed by atoms with Crippen LogP contribution in [0.3, 0.4) is 0 Å². The molecule has 0 aliphatic rings. The average molecular weight is 345 g/mol. The fraction of sp³-hybridized carbons (Fsp3) is 0. The van der Waals surface area contributed by atoms with E-state index in [1.165, 1.54) is 0 Å². The number of halogens is 4. The summed E-state index contributed by atoms with van der Waals surface area (Å²) in [7, 11) is 0. The van der Waals surface area contributed by atoms with Gasteiger partial charge in [0.2, 0.25) is 0 Å². The maximum atomic E-state index is 0. The molecule has 6 heteroatoms. The molecule has 0 radical (unpaired) electrons. The van der Waals surface area contributed by atoms with Crippen LogP contribution in [0.15, 0.2) is 0 Å². The van der Waals surface area contributed by atoms with Gasteiger partial charge >= 0.3 is 68.4 Å². The molecule has 0 aromatic heterocycles. The number of hydrogen-bond acceptors (Lipinski definition) is 0. The molecule has 0 unspecified atom stereocenters. The minimum atomic E-state index is 0. The summed E-state index contributed by atoms with van der Waals surface area (Å²) in [5.41, 5.74) is 0. The monoisotopic (exact) mass is 342 g/mol. The molecule has 0 N–H and O–H groups in total. The van der Waals surface area contributed by atoms with Crippen LogP contribution in [0.2, 0.25) is 0 Å². The Bertz CT molecular complexity index is 7.51. The third-order valence-corrected chi connectivity index (χ3v) is 0. The van der Waals surface area contributed by atoms with E-state index < -0.39 is 0 Å². The van der Waals surface area contributed by atoms with E-state index in [9.17, 15) is 0 Å². The fourth-order valence-corrected chi connectivity index (χ4v) is 0. The van der Waals surface area contributed by atoms with Crippen molar-refractivity contribution in [3.8, 4) is 0 Å². The van der Waals surface area contributed by atoms with Crippen LogP contribution in [0, 0.1) is 0 Å². The van der Waals surface area contributed by atoms with Gasteiger partial charge in [-0.25, -0.2) is 0 Å². The van der Waals surface area contributed by atoms with E-state index in [2.05, 4.69) is 0 Å². The summed E-state index contributed by atoms with van der Waals surface area (Å²) in [5.74, 6) is 0. The first-order chi connectivity index (χ1) is 0. The minimum absolute atomic E-state index is 0. The Labute approximate surface area is 115 Å². The van der Waals surface area contributed by atoms with Gasteiger partial charge in [-0.15, -0.1) is 0 Å². The molecular formula is BaCl4Zn. The van der Waals surface area contributed by atoms with Gasteiger partial charge in [0.25, 0.3) is 0 Å². The molecule has 0 fully saturated rings. The molecule has 0 aliphatic heterocycles. The van der Waals surface area contributed by atoms with Gasteiger partial charge in [-0.3, -0.25) is 0 Å². The summed E-state index contributed by atoms with van der Waals surface area (Å²) < 4.78 is 0. The van der Waals surface area contributed by atoms with E-state index >= 15 is 0 Å². The third-order valence-electron chi connectivity index (χ3n) is 0. The van der Waals surface area contributed by atoms with Crippen molar-refractivity contribution in [2.45, 2.75) is 0 Å². The van der Waals surface area contributed by atoms with E-state index in [1.54, 1.807) is 0 Å². The summed E-state index contributed by atoms with van der Waals surface area (Å²) >= 11 is 0. The molecule has 0 amide bonds. The quantitative estimate of drug-likeness (QED) is 0.383. The fourth-order valence-electron chi connectivity index (χ4n) is 0. The zero-order valence-corrected chi connectivity index (χ0v) is 13.4. The van der Waals surface area contributed by atoms with E-state index in [-0.39, 0.29) is 118 Å².